The highest BCUT2D eigenvalue weighted by atomic mass is 16.6. The number of amides is 1. The number of ether oxygens (including phenoxy) is 2. The van der Waals surface area contributed by atoms with Gasteiger partial charge in [0.05, 0.1) is 13.2 Å². The van der Waals surface area contributed by atoms with Gasteiger partial charge in [0.2, 0.25) is 0 Å². The summed E-state index contributed by atoms with van der Waals surface area (Å²) in [6, 6.07) is 8.47. The Bertz CT molecular complexity index is 499. The molecule has 0 aromatic heterocycles. The molecule has 0 radical (unpaired) electrons. The SMILES string of the molecule is CC(C)(C)OC(=O)NCCOCCNc1ccc(C(C)(C)C)cc1. The fraction of sp³-hybridized carbons (Fsp3) is 0.632. The number of carbonyl (C=O) groups is 1. The average molecular weight is 336 g/mol. The monoisotopic (exact) mass is 336 g/mol. The van der Waals surface area contributed by atoms with Crippen molar-refractivity contribution in [3.63, 3.8) is 0 Å². The molecular formula is C19H32N2O3. The number of hydrogen-bond donors (Lipinski definition) is 2. The van der Waals surface area contributed by atoms with Gasteiger partial charge in [-0.1, -0.05) is 32.9 Å². The number of rotatable bonds is 7. The van der Waals surface area contributed by atoms with Gasteiger partial charge < -0.3 is 20.1 Å². The molecule has 0 atom stereocenters. The number of hydrogen-bond acceptors (Lipinski definition) is 4. The fourth-order valence-corrected chi connectivity index (χ4v) is 2.00. The van der Waals surface area contributed by atoms with Crippen LogP contribution in [-0.4, -0.2) is 38.0 Å². The quantitative estimate of drug-likeness (QED) is 0.741. The molecule has 24 heavy (non-hydrogen) atoms. The predicted molar refractivity (Wildman–Crippen MR) is 98.7 cm³/mol. The van der Waals surface area contributed by atoms with Crippen molar-refractivity contribution >= 4 is 11.8 Å². The fourth-order valence-electron chi connectivity index (χ4n) is 2.00. The molecule has 0 unspecified atom stereocenters. The van der Waals surface area contributed by atoms with Crippen molar-refractivity contribution in [3.8, 4) is 0 Å². The van der Waals surface area contributed by atoms with E-state index >= 15 is 0 Å². The summed E-state index contributed by atoms with van der Waals surface area (Å²) in [6.45, 7) is 14.3. The molecule has 5 nitrogen and oxygen atoms in total. The lowest BCUT2D eigenvalue weighted by atomic mass is 9.87. The van der Waals surface area contributed by atoms with Crippen molar-refractivity contribution in [2.75, 3.05) is 31.6 Å². The van der Waals surface area contributed by atoms with Crippen LogP contribution in [0, 0.1) is 0 Å². The van der Waals surface area contributed by atoms with Gasteiger partial charge in [0.15, 0.2) is 0 Å². The maximum atomic E-state index is 11.4. The first-order valence-electron chi connectivity index (χ1n) is 8.47. The van der Waals surface area contributed by atoms with E-state index in [4.69, 9.17) is 9.47 Å². The van der Waals surface area contributed by atoms with E-state index in [9.17, 15) is 4.79 Å². The zero-order chi connectivity index (χ0) is 18.2. The zero-order valence-corrected chi connectivity index (χ0v) is 15.9. The van der Waals surface area contributed by atoms with Crippen molar-refractivity contribution in [3.05, 3.63) is 29.8 Å². The summed E-state index contributed by atoms with van der Waals surface area (Å²) in [7, 11) is 0. The molecule has 1 amide bonds. The Morgan fingerprint density at radius 3 is 2.08 bits per heavy atom. The van der Waals surface area contributed by atoms with Gasteiger partial charge in [0, 0.05) is 18.8 Å². The molecule has 0 spiro atoms. The van der Waals surface area contributed by atoms with E-state index in [1.54, 1.807) is 0 Å². The van der Waals surface area contributed by atoms with Gasteiger partial charge in [-0.3, -0.25) is 0 Å². The largest absolute Gasteiger partial charge is 0.444 e. The molecule has 0 aliphatic carbocycles. The van der Waals surface area contributed by atoms with Crippen LogP contribution in [0.1, 0.15) is 47.1 Å². The second-order valence-corrected chi connectivity index (χ2v) is 7.80. The summed E-state index contributed by atoms with van der Waals surface area (Å²) in [6.07, 6.45) is -0.414. The Hall–Kier alpha value is -1.75. The van der Waals surface area contributed by atoms with Gasteiger partial charge in [-0.2, -0.15) is 0 Å². The summed E-state index contributed by atoms with van der Waals surface area (Å²) in [5.74, 6) is 0. The van der Waals surface area contributed by atoms with E-state index in [2.05, 4.69) is 55.7 Å². The zero-order valence-electron chi connectivity index (χ0n) is 15.9. The van der Waals surface area contributed by atoms with Gasteiger partial charge in [-0.25, -0.2) is 4.79 Å². The third-order valence-electron chi connectivity index (χ3n) is 3.24. The van der Waals surface area contributed by atoms with Crippen molar-refractivity contribution in [1.29, 1.82) is 0 Å². The van der Waals surface area contributed by atoms with E-state index < -0.39 is 11.7 Å². The highest BCUT2D eigenvalue weighted by molar-refractivity contribution is 5.67. The van der Waals surface area contributed by atoms with Gasteiger partial charge in [0.1, 0.15) is 5.60 Å². The molecule has 0 aliphatic heterocycles. The minimum absolute atomic E-state index is 0.169. The van der Waals surface area contributed by atoms with Crippen LogP contribution in [0.3, 0.4) is 0 Å². The van der Waals surface area contributed by atoms with Crippen molar-refractivity contribution < 1.29 is 14.3 Å². The molecule has 0 saturated carbocycles. The van der Waals surface area contributed by atoms with Gasteiger partial charge in [0.25, 0.3) is 0 Å². The Morgan fingerprint density at radius 2 is 1.54 bits per heavy atom. The maximum absolute atomic E-state index is 11.4. The van der Waals surface area contributed by atoms with Crippen LogP contribution in [0.15, 0.2) is 24.3 Å². The maximum Gasteiger partial charge on any atom is 0.407 e. The standard InChI is InChI=1S/C19H32N2O3/c1-18(2,3)15-7-9-16(10-8-15)20-11-13-23-14-12-21-17(22)24-19(4,5)6/h7-10,20H,11-14H2,1-6H3,(H,21,22). The van der Waals surface area contributed by atoms with E-state index in [0.29, 0.717) is 19.8 Å². The van der Waals surface area contributed by atoms with Gasteiger partial charge in [-0.15, -0.1) is 0 Å². The molecule has 1 aromatic carbocycles. The lowest BCUT2D eigenvalue weighted by molar-refractivity contribution is 0.0502. The topological polar surface area (TPSA) is 59.6 Å². The highest BCUT2D eigenvalue weighted by Crippen LogP contribution is 2.23. The van der Waals surface area contributed by atoms with Crippen molar-refractivity contribution in [2.24, 2.45) is 0 Å². The summed E-state index contributed by atoms with van der Waals surface area (Å²) in [4.78, 5) is 11.4. The molecular weight excluding hydrogens is 304 g/mol. The minimum atomic E-state index is -0.475. The summed E-state index contributed by atoms with van der Waals surface area (Å²) >= 11 is 0. The number of nitrogens with one attached hydrogen (secondary N) is 2. The molecule has 5 heteroatoms. The third-order valence-corrected chi connectivity index (χ3v) is 3.24. The van der Waals surface area contributed by atoms with Gasteiger partial charge >= 0.3 is 6.09 Å². The molecule has 0 bridgehead atoms. The third kappa shape index (κ3) is 8.77. The number of carbonyl (C=O) groups excluding carboxylic acids is 1. The van der Waals surface area contributed by atoms with Crippen LogP contribution in [-0.2, 0) is 14.9 Å². The highest BCUT2D eigenvalue weighted by Gasteiger charge is 2.15. The second-order valence-electron chi connectivity index (χ2n) is 7.80. The van der Waals surface area contributed by atoms with Crippen LogP contribution in [0.5, 0.6) is 0 Å². The Labute approximate surface area is 146 Å². The Balaban J connectivity index is 2.11. The van der Waals surface area contributed by atoms with E-state index in [0.717, 1.165) is 12.2 Å². The normalized spacial score (nSPS) is 11.9. The van der Waals surface area contributed by atoms with E-state index in [-0.39, 0.29) is 5.41 Å². The van der Waals surface area contributed by atoms with Gasteiger partial charge in [-0.05, 0) is 43.9 Å². The predicted octanol–water partition coefficient (Wildman–Crippen LogP) is 3.94. The first-order valence-corrected chi connectivity index (χ1v) is 8.47. The molecule has 1 aromatic rings. The number of alkyl carbamates (subject to hydrolysis) is 1. The molecule has 0 aliphatic rings. The molecule has 2 N–H and O–H groups in total. The Kier molecular flexibility index (Phi) is 7.55. The summed E-state index contributed by atoms with van der Waals surface area (Å²) in [5, 5.41) is 5.98. The number of anilines is 1. The van der Waals surface area contributed by atoms with Crippen LogP contribution in [0.25, 0.3) is 0 Å². The molecule has 0 fully saturated rings. The first kappa shape index (κ1) is 20.3. The van der Waals surface area contributed by atoms with Crippen LogP contribution < -0.4 is 10.6 Å². The van der Waals surface area contributed by atoms with Crippen LogP contribution in [0.4, 0.5) is 10.5 Å². The van der Waals surface area contributed by atoms with Crippen molar-refractivity contribution in [1.82, 2.24) is 5.32 Å². The van der Waals surface area contributed by atoms with E-state index in [1.165, 1.54) is 5.56 Å². The minimum Gasteiger partial charge on any atom is -0.444 e. The molecule has 0 saturated heterocycles. The number of benzene rings is 1. The first-order chi connectivity index (χ1) is 11.1. The van der Waals surface area contributed by atoms with Crippen LogP contribution in [0.2, 0.25) is 0 Å². The van der Waals surface area contributed by atoms with E-state index in [1.807, 2.05) is 20.8 Å². The average Bonchev–Trinajstić information content (AvgIpc) is 2.44. The Morgan fingerprint density at radius 1 is 0.958 bits per heavy atom. The lowest BCUT2D eigenvalue weighted by Crippen LogP contribution is -2.34. The molecule has 0 heterocycles. The van der Waals surface area contributed by atoms with Crippen molar-refractivity contribution in [2.45, 2.75) is 52.6 Å². The van der Waals surface area contributed by atoms with Crippen LogP contribution >= 0.6 is 0 Å². The smallest absolute Gasteiger partial charge is 0.407 e. The summed E-state index contributed by atoms with van der Waals surface area (Å²) < 4.78 is 10.6. The summed E-state index contributed by atoms with van der Waals surface area (Å²) in [5.41, 5.74) is 2.09. The molecule has 136 valence electrons. The lowest BCUT2D eigenvalue weighted by Gasteiger charge is -2.19. The molecule has 1 rings (SSSR count). The second kappa shape index (κ2) is 8.92.